The number of nitrogens with zero attached hydrogens (tertiary/aromatic N) is 2. The average Bonchev–Trinajstić information content (AvgIpc) is 2.95. The first kappa shape index (κ1) is 17.9. The van der Waals surface area contributed by atoms with Crippen molar-refractivity contribution in [2.75, 3.05) is 12.4 Å². The molecule has 8 nitrogen and oxygen atoms in total. The number of rotatable bonds is 3. The lowest BCUT2D eigenvalue weighted by Gasteiger charge is -2.24. The zero-order valence-corrected chi connectivity index (χ0v) is 14.6. The molecule has 1 aromatic heterocycles. The third kappa shape index (κ3) is 3.13. The van der Waals surface area contributed by atoms with Gasteiger partial charge in [-0.1, -0.05) is 11.6 Å². The molecule has 1 aliphatic heterocycles. The van der Waals surface area contributed by atoms with Gasteiger partial charge in [0.25, 0.3) is 11.8 Å². The van der Waals surface area contributed by atoms with Crippen LogP contribution in [-0.4, -0.2) is 34.3 Å². The molecule has 0 aliphatic carbocycles. The second kappa shape index (κ2) is 6.75. The van der Waals surface area contributed by atoms with Gasteiger partial charge in [0.05, 0.1) is 12.2 Å². The smallest absolute Gasteiger partial charge is 0.287 e. The first-order chi connectivity index (χ1) is 12.3. The third-order valence-corrected chi connectivity index (χ3v) is 4.21. The first-order valence-corrected chi connectivity index (χ1v) is 8.08. The minimum absolute atomic E-state index is 0.00238. The number of carbonyl (C=O) groups is 3. The standard InChI is InChI=1S/C16H15ClFN5O3/c1-7-14(24)20-6-11-12(21-13(23(7)11)16(26)19-2)22-15(25)8-3-9(17)5-10(18)4-8/h3-5,7H,6H2,1-2H3,(H,19,26)(H,20,24)(H,22,25). The fourth-order valence-electron chi connectivity index (χ4n) is 2.72. The van der Waals surface area contributed by atoms with Gasteiger partial charge in [-0.05, 0) is 25.1 Å². The Labute approximate surface area is 152 Å². The van der Waals surface area contributed by atoms with Crippen LogP contribution in [0.15, 0.2) is 18.2 Å². The van der Waals surface area contributed by atoms with Crippen molar-refractivity contribution in [3.05, 3.63) is 46.1 Å². The van der Waals surface area contributed by atoms with Crippen LogP contribution in [0.4, 0.5) is 10.2 Å². The van der Waals surface area contributed by atoms with Crippen molar-refractivity contribution >= 4 is 35.1 Å². The number of aromatic nitrogens is 2. The van der Waals surface area contributed by atoms with E-state index in [9.17, 15) is 18.8 Å². The molecule has 26 heavy (non-hydrogen) atoms. The first-order valence-electron chi connectivity index (χ1n) is 7.70. The molecular weight excluding hydrogens is 365 g/mol. The summed E-state index contributed by atoms with van der Waals surface area (Å²) in [6.07, 6.45) is 0. The van der Waals surface area contributed by atoms with E-state index >= 15 is 0 Å². The summed E-state index contributed by atoms with van der Waals surface area (Å²) in [5.74, 6) is -1.95. The topological polar surface area (TPSA) is 105 Å². The number of halogens is 2. The maximum atomic E-state index is 13.5. The Morgan fingerprint density at radius 3 is 2.73 bits per heavy atom. The highest BCUT2D eigenvalue weighted by atomic mass is 35.5. The van der Waals surface area contributed by atoms with Gasteiger partial charge in [-0.2, -0.15) is 0 Å². The number of amides is 3. The molecule has 2 heterocycles. The molecule has 1 atom stereocenters. The van der Waals surface area contributed by atoms with Crippen LogP contribution in [0.1, 0.15) is 39.6 Å². The van der Waals surface area contributed by atoms with E-state index in [0.717, 1.165) is 12.1 Å². The Balaban J connectivity index is 2.00. The Bertz CT molecular complexity index is 907. The van der Waals surface area contributed by atoms with E-state index in [1.54, 1.807) is 6.92 Å². The third-order valence-electron chi connectivity index (χ3n) is 3.99. The Hall–Kier alpha value is -2.94. The van der Waals surface area contributed by atoms with Gasteiger partial charge in [0.15, 0.2) is 5.82 Å². The molecule has 0 spiro atoms. The van der Waals surface area contributed by atoms with E-state index in [4.69, 9.17) is 11.6 Å². The van der Waals surface area contributed by atoms with E-state index in [1.165, 1.54) is 17.7 Å². The zero-order chi connectivity index (χ0) is 19.0. The number of anilines is 1. The minimum Gasteiger partial charge on any atom is -0.352 e. The summed E-state index contributed by atoms with van der Waals surface area (Å²) >= 11 is 5.77. The van der Waals surface area contributed by atoms with Crippen LogP contribution in [0.3, 0.4) is 0 Å². The highest BCUT2D eigenvalue weighted by Crippen LogP contribution is 2.26. The van der Waals surface area contributed by atoms with E-state index < -0.39 is 23.7 Å². The molecular formula is C16H15ClFN5O3. The number of carbonyl (C=O) groups excluding carboxylic acids is 3. The van der Waals surface area contributed by atoms with Gasteiger partial charge in [-0.3, -0.25) is 14.4 Å². The van der Waals surface area contributed by atoms with Crippen molar-refractivity contribution in [2.45, 2.75) is 19.5 Å². The second-order valence-electron chi connectivity index (χ2n) is 5.69. The lowest BCUT2D eigenvalue weighted by Crippen LogP contribution is -2.39. The number of fused-ring (bicyclic) bond motifs is 1. The Kier molecular flexibility index (Phi) is 4.64. The number of hydrogen-bond donors (Lipinski definition) is 3. The molecule has 0 bridgehead atoms. The quantitative estimate of drug-likeness (QED) is 0.751. The van der Waals surface area contributed by atoms with Gasteiger partial charge in [0.1, 0.15) is 11.9 Å². The molecule has 0 saturated heterocycles. The molecule has 3 N–H and O–H groups in total. The van der Waals surface area contributed by atoms with Crippen molar-refractivity contribution in [1.29, 1.82) is 0 Å². The predicted molar refractivity (Wildman–Crippen MR) is 91.5 cm³/mol. The van der Waals surface area contributed by atoms with Gasteiger partial charge in [0, 0.05) is 17.6 Å². The van der Waals surface area contributed by atoms with Gasteiger partial charge < -0.3 is 20.5 Å². The number of benzene rings is 1. The summed E-state index contributed by atoms with van der Waals surface area (Å²) in [6.45, 7) is 1.71. The lowest BCUT2D eigenvalue weighted by molar-refractivity contribution is -0.125. The molecule has 1 unspecified atom stereocenters. The molecule has 0 saturated carbocycles. The Morgan fingerprint density at radius 2 is 2.08 bits per heavy atom. The fourth-order valence-corrected chi connectivity index (χ4v) is 2.95. The maximum absolute atomic E-state index is 13.5. The van der Waals surface area contributed by atoms with E-state index in [2.05, 4.69) is 20.9 Å². The average molecular weight is 380 g/mol. The zero-order valence-electron chi connectivity index (χ0n) is 13.9. The minimum atomic E-state index is -0.673. The summed E-state index contributed by atoms with van der Waals surface area (Å²) in [6, 6.07) is 2.76. The van der Waals surface area contributed by atoms with E-state index in [0.29, 0.717) is 5.69 Å². The molecule has 0 radical (unpaired) electrons. The van der Waals surface area contributed by atoms with Gasteiger partial charge >= 0.3 is 0 Å². The summed E-state index contributed by atoms with van der Waals surface area (Å²) < 4.78 is 14.9. The summed E-state index contributed by atoms with van der Waals surface area (Å²) in [4.78, 5) is 40.6. The molecule has 1 aliphatic rings. The molecule has 1 aromatic carbocycles. The summed E-state index contributed by atoms with van der Waals surface area (Å²) in [5, 5.41) is 7.74. The summed E-state index contributed by atoms with van der Waals surface area (Å²) in [5.41, 5.74) is 0.470. The normalized spacial score (nSPS) is 15.8. The van der Waals surface area contributed by atoms with Gasteiger partial charge in [0.2, 0.25) is 11.7 Å². The fraction of sp³-hybridized carbons (Fsp3) is 0.250. The van der Waals surface area contributed by atoms with Crippen LogP contribution >= 0.6 is 11.6 Å². The van der Waals surface area contributed by atoms with Crippen molar-refractivity contribution in [2.24, 2.45) is 0 Å². The van der Waals surface area contributed by atoms with Gasteiger partial charge in [-0.25, -0.2) is 9.37 Å². The molecule has 0 fully saturated rings. The lowest BCUT2D eigenvalue weighted by atomic mass is 10.2. The largest absolute Gasteiger partial charge is 0.352 e. The number of nitrogens with one attached hydrogen (secondary N) is 3. The Morgan fingerprint density at radius 1 is 1.35 bits per heavy atom. The highest BCUT2D eigenvalue weighted by molar-refractivity contribution is 6.31. The van der Waals surface area contributed by atoms with Crippen molar-refractivity contribution in [1.82, 2.24) is 20.2 Å². The van der Waals surface area contributed by atoms with E-state index in [-0.39, 0.29) is 34.7 Å². The van der Waals surface area contributed by atoms with Crippen molar-refractivity contribution < 1.29 is 18.8 Å². The van der Waals surface area contributed by atoms with Crippen molar-refractivity contribution in [3.63, 3.8) is 0 Å². The van der Waals surface area contributed by atoms with Crippen LogP contribution in [0.5, 0.6) is 0 Å². The molecule has 10 heteroatoms. The van der Waals surface area contributed by atoms with Gasteiger partial charge in [-0.15, -0.1) is 0 Å². The van der Waals surface area contributed by atoms with Crippen LogP contribution in [-0.2, 0) is 11.3 Å². The highest BCUT2D eigenvalue weighted by Gasteiger charge is 2.32. The van der Waals surface area contributed by atoms with Crippen LogP contribution in [0, 0.1) is 5.82 Å². The molecule has 3 amide bonds. The summed E-state index contributed by atoms with van der Waals surface area (Å²) in [7, 11) is 1.44. The van der Waals surface area contributed by atoms with Crippen molar-refractivity contribution in [3.8, 4) is 0 Å². The molecule has 2 aromatic rings. The number of imidazole rings is 1. The van der Waals surface area contributed by atoms with Crippen LogP contribution < -0.4 is 16.0 Å². The molecule has 3 rings (SSSR count). The maximum Gasteiger partial charge on any atom is 0.287 e. The predicted octanol–water partition coefficient (Wildman–Crippen LogP) is 1.48. The number of hydrogen-bond acceptors (Lipinski definition) is 4. The monoisotopic (exact) mass is 379 g/mol. The van der Waals surface area contributed by atoms with E-state index in [1.807, 2.05) is 0 Å². The second-order valence-corrected chi connectivity index (χ2v) is 6.12. The van der Waals surface area contributed by atoms with Crippen LogP contribution in [0.25, 0.3) is 0 Å². The van der Waals surface area contributed by atoms with Crippen LogP contribution in [0.2, 0.25) is 5.02 Å². The SMILES string of the molecule is CNC(=O)c1nc(NC(=O)c2cc(F)cc(Cl)c2)c2n1C(C)C(=O)NC2. The molecule has 136 valence electrons.